The van der Waals surface area contributed by atoms with E-state index < -0.39 is 42.1 Å². The Balaban J connectivity index is 3.13. The number of alkyl halides is 5. The summed E-state index contributed by atoms with van der Waals surface area (Å²) in [5.41, 5.74) is -2.49. The zero-order valence-corrected chi connectivity index (χ0v) is 8.36. The zero-order valence-electron chi connectivity index (χ0n) is 8.36. The smallest absolute Gasteiger partial charge is 0.396 e. The standard InChI is InChI=1S/C10H8F6O/c11-8-5-6(9(12,13)3-4-17)1-2-7(8)10(14,15)16/h1-2,5,17H,3-4H2. The van der Waals surface area contributed by atoms with Gasteiger partial charge in [-0.25, -0.2) is 13.2 Å². The number of aliphatic hydroxyl groups is 1. The highest BCUT2D eigenvalue weighted by Crippen LogP contribution is 2.36. The van der Waals surface area contributed by atoms with Crippen molar-refractivity contribution in [1.82, 2.24) is 0 Å². The van der Waals surface area contributed by atoms with Crippen LogP contribution in [0.3, 0.4) is 0 Å². The fourth-order valence-electron chi connectivity index (χ4n) is 1.26. The Morgan fingerprint density at radius 1 is 1.06 bits per heavy atom. The van der Waals surface area contributed by atoms with Crippen LogP contribution in [0, 0.1) is 5.82 Å². The van der Waals surface area contributed by atoms with Gasteiger partial charge in [0.05, 0.1) is 5.56 Å². The molecule has 0 fully saturated rings. The van der Waals surface area contributed by atoms with Crippen molar-refractivity contribution in [3.8, 4) is 0 Å². The normalized spacial score (nSPS) is 12.9. The van der Waals surface area contributed by atoms with Gasteiger partial charge in [0.1, 0.15) is 5.82 Å². The van der Waals surface area contributed by atoms with Gasteiger partial charge >= 0.3 is 6.18 Å². The third-order valence-electron chi connectivity index (χ3n) is 2.12. The van der Waals surface area contributed by atoms with Crippen LogP contribution >= 0.6 is 0 Å². The van der Waals surface area contributed by atoms with E-state index >= 15 is 0 Å². The van der Waals surface area contributed by atoms with E-state index in [1.807, 2.05) is 0 Å². The van der Waals surface area contributed by atoms with E-state index in [0.717, 1.165) is 0 Å². The highest BCUT2D eigenvalue weighted by atomic mass is 19.4. The number of hydrogen-bond acceptors (Lipinski definition) is 1. The van der Waals surface area contributed by atoms with Crippen molar-refractivity contribution in [2.45, 2.75) is 18.5 Å². The van der Waals surface area contributed by atoms with Crippen LogP contribution in [0.4, 0.5) is 26.3 Å². The van der Waals surface area contributed by atoms with Gasteiger partial charge in [-0.3, -0.25) is 0 Å². The Bertz CT molecular complexity index is 398. The van der Waals surface area contributed by atoms with Crippen LogP contribution in [0.15, 0.2) is 18.2 Å². The Hall–Kier alpha value is -1.24. The molecule has 96 valence electrons. The minimum absolute atomic E-state index is 0.137. The largest absolute Gasteiger partial charge is 0.419 e. The van der Waals surface area contributed by atoms with Crippen LogP contribution in [0.5, 0.6) is 0 Å². The maximum absolute atomic E-state index is 13.2. The van der Waals surface area contributed by atoms with Crippen molar-refractivity contribution in [3.05, 3.63) is 35.1 Å². The summed E-state index contributed by atoms with van der Waals surface area (Å²) >= 11 is 0. The van der Waals surface area contributed by atoms with Gasteiger partial charge in [-0.1, -0.05) is 6.07 Å². The second-order valence-corrected chi connectivity index (χ2v) is 3.37. The van der Waals surface area contributed by atoms with Gasteiger partial charge in [0.25, 0.3) is 5.92 Å². The molecular weight excluding hydrogens is 250 g/mol. The summed E-state index contributed by atoms with van der Waals surface area (Å²) in [6, 6.07) is 0.899. The van der Waals surface area contributed by atoms with E-state index in [1.165, 1.54) is 0 Å². The molecule has 0 saturated carbocycles. The Labute approximate surface area is 92.7 Å². The molecule has 0 aliphatic rings. The molecule has 0 amide bonds. The molecule has 1 rings (SSSR count). The third-order valence-corrected chi connectivity index (χ3v) is 2.12. The fourth-order valence-corrected chi connectivity index (χ4v) is 1.26. The first-order chi connectivity index (χ1) is 7.68. The predicted molar refractivity (Wildman–Crippen MR) is 47.0 cm³/mol. The number of aliphatic hydroxyl groups excluding tert-OH is 1. The lowest BCUT2D eigenvalue weighted by Crippen LogP contribution is -2.17. The first kappa shape index (κ1) is 13.8. The Morgan fingerprint density at radius 3 is 2.06 bits per heavy atom. The lowest BCUT2D eigenvalue weighted by molar-refractivity contribution is -0.140. The molecule has 0 heterocycles. The summed E-state index contributed by atoms with van der Waals surface area (Å²) in [5.74, 6) is -5.31. The van der Waals surface area contributed by atoms with Crippen LogP contribution in [0.2, 0.25) is 0 Å². The molecule has 1 aromatic carbocycles. The van der Waals surface area contributed by atoms with E-state index in [1.54, 1.807) is 0 Å². The minimum Gasteiger partial charge on any atom is -0.396 e. The highest BCUT2D eigenvalue weighted by Gasteiger charge is 2.37. The van der Waals surface area contributed by atoms with E-state index in [-0.39, 0.29) is 12.1 Å². The minimum atomic E-state index is -4.92. The highest BCUT2D eigenvalue weighted by molar-refractivity contribution is 5.29. The van der Waals surface area contributed by atoms with Crippen LogP contribution in [0.25, 0.3) is 0 Å². The monoisotopic (exact) mass is 258 g/mol. The summed E-state index contributed by atoms with van der Waals surface area (Å²) in [7, 11) is 0. The summed E-state index contributed by atoms with van der Waals surface area (Å²) < 4.78 is 75.8. The molecule has 1 N–H and O–H groups in total. The first-order valence-electron chi connectivity index (χ1n) is 4.54. The predicted octanol–water partition coefficient (Wildman–Crippen LogP) is 3.32. The second-order valence-electron chi connectivity index (χ2n) is 3.37. The number of benzene rings is 1. The van der Waals surface area contributed by atoms with Crippen molar-refractivity contribution < 1.29 is 31.4 Å². The summed E-state index contributed by atoms with van der Waals surface area (Å²) in [6.45, 7) is -0.852. The third kappa shape index (κ3) is 3.12. The van der Waals surface area contributed by atoms with Gasteiger partial charge < -0.3 is 5.11 Å². The van der Waals surface area contributed by atoms with Crippen LogP contribution < -0.4 is 0 Å². The first-order valence-corrected chi connectivity index (χ1v) is 4.54. The molecular formula is C10H8F6O. The lowest BCUT2D eigenvalue weighted by atomic mass is 10.0. The Kier molecular flexibility index (Phi) is 3.71. The van der Waals surface area contributed by atoms with Crippen molar-refractivity contribution in [2.24, 2.45) is 0 Å². The summed E-state index contributed by atoms with van der Waals surface area (Å²) in [4.78, 5) is 0. The van der Waals surface area contributed by atoms with Gasteiger partial charge in [-0.05, 0) is 12.1 Å². The van der Waals surface area contributed by atoms with Gasteiger partial charge in [-0.2, -0.15) is 13.2 Å². The van der Waals surface area contributed by atoms with E-state index in [2.05, 4.69) is 0 Å². The average Bonchev–Trinajstić information content (AvgIpc) is 2.15. The molecule has 0 saturated heterocycles. The van der Waals surface area contributed by atoms with Crippen LogP contribution in [-0.2, 0) is 12.1 Å². The molecule has 1 nitrogen and oxygen atoms in total. The van der Waals surface area contributed by atoms with Gasteiger partial charge in [-0.15, -0.1) is 0 Å². The fraction of sp³-hybridized carbons (Fsp3) is 0.400. The lowest BCUT2D eigenvalue weighted by Gasteiger charge is -2.16. The van der Waals surface area contributed by atoms with Crippen molar-refractivity contribution in [1.29, 1.82) is 0 Å². The number of rotatable bonds is 3. The average molecular weight is 258 g/mol. The molecule has 0 aliphatic heterocycles. The second kappa shape index (κ2) is 4.56. The van der Waals surface area contributed by atoms with E-state index in [9.17, 15) is 26.3 Å². The summed E-state index contributed by atoms with van der Waals surface area (Å²) in [6.07, 6.45) is -5.90. The molecule has 1 aromatic rings. The molecule has 0 aromatic heterocycles. The molecule has 0 aliphatic carbocycles. The number of halogens is 6. The summed E-state index contributed by atoms with van der Waals surface area (Å²) in [5, 5.41) is 8.36. The molecule has 0 atom stereocenters. The van der Waals surface area contributed by atoms with Crippen molar-refractivity contribution in [3.63, 3.8) is 0 Å². The van der Waals surface area contributed by atoms with Gasteiger partial charge in [0, 0.05) is 18.6 Å². The SMILES string of the molecule is OCCC(F)(F)c1ccc(C(F)(F)F)c(F)c1. The maximum atomic E-state index is 13.2. The molecule has 0 radical (unpaired) electrons. The van der Waals surface area contributed by atoms with Crippen LogP contribution in [-0.4, -0.2) is 11.7 Å². The Morgan fingerprint density at radius 2 is 1.65 bits per heavy atom. The topological polar surface area (TPSA) is 20.2 Å². The van der Waals surface area contributed by atoms with E-state index in [4.69, 9.17) is 5.11 Å². The molecule has 0 bridgehead atoms. The van der Waals surface area contributed by atoms with E-state index in [0.29, 0.717) is 6.07 Å². The van der Waals surface area contributed by atoms with Crippen LogP contribution in [0.1, 0.15) is 17.5 Å². The van der Waals surface area contributed by atoms with Gasteiger partial charge in [0.15, 0.2) is 0 Å². The molecule has 0 unspecified atom stereocenters. The van der Waals surface area contributed by atoms with Gasteiger partial charge in [0.2, 0.25) is 0 Å². The number of hydrogen-bond donors (Lipinski definition) is 1. The molecule has 17 heavy (non-hydrogen) atoms. The molecule has 0 spiro atoms. The quantitative estimate of drug-likeness (QED) is 0.824. The van der Waals surface area contributed by atoms with Crippen molar-refractivity contribution >= 4 is 0 Å². The molecule has 7 heteroatoms. The zero-order chi connectivity index (χ0) is 13.3. The van der Waals surface area contributed by atoms with Crippen molar-refractivity contribution in [2.75, 3.05) is 6.61 Å². The maximum Gasteiger partial charge on any atom is 0.419 e.